The third-order valence-corrected chi connectivity index (χ3v) is 4.18. The molecule has 4 unspecified atom stereocenters. The fraction of sp³-hybridized carbons (Fsp3) is 0.700. The van der Waals surface area contributed by atoms with Crippen LogP contribution in [0.15, 0.2) is 12.1 Å². The lowest BCUT2D eigenvalue weighted by molar-refractivity contribution is 0.0790. The SMILES string of the molecule is CC(O)Cc1cc(CN)c(CC(C)O)c(CN(CC(C)O)CC(C)O)c1. The minimum atomic E-state index is -0.511. The fourth-order valence-corrected chi connectivity index (χ4v) is 3.40. The summed E-state index contributed by atoms with van der Waals surface area (Å²) >= 11 is 0. The average molecular weight is 369 g/mol. The maximum Gasteiger partial charge on any atom is 0.0639 e. The van der Waals surface area contributed by atoms with Crippen molar-refractivity contribution in [3.63, 3.8) is 0 Å². The monoisotopic (exact) mass is 368 g/mol. The molecule has 0 saturated heterocycles. The van der Waals surface area contributed by atoms with Gasteiger partial charge in [-0.05, 0) is 62.8 Å². The first-order valence-corrected chi connectivity index (χ1v) is 9.40. The van der Waals surface area contributed by atoms with E-state index in [9.17, 15) is 20.4 Å². The second-order valence-electron chi connectivity index (χ2n) is 7.60. The summed E-state index contributed by atoms with van der Waals surface area (Å²) in [4.78, 5) is 2.00. The molecule has 0 aliphatic carbocycles. The number of hydrogen-bond acceptors (Lipinski definition) is 6. The number of nitrogens with zero attached hydrogens (tertiary/aromatic N) is 1. The van der Waals surface area contributed by atoms with E-state index in [4.69, 9.17) is 5.73 Å². The van der Waals surface area contributed by atoms with Crippen molar-refractivity contribution in [3.8, 4) is 0 Å². The van der Waals surface area contributed by atoms with E-state index in [-0.39, 0.29) is 0 Å². The lowest BCUT2D eigenvalue weighted by Crippen LogP contribution is -2.36. The van der Waals surface area contributed by atoms with Gasteiger partial charge >= 0.3 is 0 Å². The van der Waals surface area contributed by atoms with Gasteiger partial charge in [0.2, 0.25) is 0 Å². The van der Waals surface area contributed by atoms with Crippen LogP contribution in [0.25, 0.3) is 0 Å². The molecule has 150 valence electrons. The summed E-state index contributed by atoms with van der Waals surface area (Å²) in [5.41, 5.74) is 9.95. The molecule has 0 aliphatic rings. The van der Waals surface area contributed by atoms with Crippen LogP contribution in [-0.2, 0) is 25.9 Å². The maximum absolute atomic E-state index is 9.92. The molecule has 6 heteroatoms. The first-order chi connectivity index (χ1) is 12.1. The number of nitrogens with two attached hydrogens (primary N) is 1. The molecule has 0 radical (unpaired) electrons. The smallest absolute Gasteiger partial charge is 0.0639 e. The minimum Gasteiger partial charge on any atom is -0.393 e. The second-order valence-corrected chi connectivity index (χ2v) is 7.60. The highest BCUT2D eigenvalue weighted by atomic mass is 16.3. The van der Waals surface area contributed by atoms with Gasteiger partial charge in [0.15, 0.2) is 0 Å². The molecule has 0 saturated carbocycles. The fourth-order valence-electron chi connectivity index (χ4n) is 3.40. The van der Waals surface area contributed by atoms with Gasteiger partial charge in [-0.25, -0.2) is 0 Å². The van der Waals surface area contributed by atoms with Crippen LogP contribution in [0.4, 0.5) is 0 Å². The Balaban J connectivity index is 3.27. The van der Waals surface area contributed by atoms with Crippen molar-refractivity contribution in [1.82, 2.24) is 4.90 Å². The molecule has 0 fully saturated rings. The van der Waals surface area contributed by atoms with Crippen LogP contribution in [-0.4, -0.2) is 62.8 Å². The third kappa shape index (κ3) is 8.12. The maximum atomic E-state index is 9.92. The van der Waals surface area contributed by atoms with Crippen LogP contribution >= 0.6 is 0 Å². The Hall–Kier alpha value is -1.02. The zero-order valence-corrected chi connectivity index (χ0v) is 16.5. The Kier molecular flexibility index (Phi) is 9.71. The summed E-state index contributed by atoms with van der Waals surface area (Å²) in [6.45, 7) is 8.72. The molecule has 0 aromatic heterocycles. The van der Waals surface area contributed by atoms with Gasteiger partial charge in [-0.1, -0.05) is 12.1 Å². The number of aliphatic hydroxyl groups is 4. The summed E-state index contributed by atoms with van der Waals surface area (Å²) in [6.07, 6.45) is -0.951. The van der Waals surface area contributed by atoms with Gasteiger partial charge in [0, 0.05) is 26.2 Å². The van der Waals surface area contributed by atoms with Crippen LogP contribution in [0.2, 0.25) is 0 Å². The summed E-state index contributed by atoms with van der Waals surface area (Å²) in [5, 5.41) is 39.2. The summed E-state index contributed by atoms with van der Waals surface area (Å²) < 4.78 is 0. The molecule has 0 heterocycles. The van der Waals surface area contributed by atoms with Crippen LogP contribution in [0.1, 0.15) is 49.9 Å². The van der Waals surface area contributed by atoms with E-state index in [1.54, 1.807) is 27.7 Å². The molecule has 6 nitrogen and oxygen atoms in total. The van der Waals surface area contributed by atoms with Gasteiger partial charge in [0.25, 0.3) is 0 Å². The Morgan fingerprint density at radius 2 is 1.31 bits per heavy atom. The van der Waals surface area contributed by atoms with E-state index < -0.39 is 24.4 Å². The van der Waals surface area contributed by atoms with Crippen molar-refractivity contribution in [2.24, 2.45) is 5.73 Å². The Morgan fingerprint density at radius 1 is 0.808 bits per heavy atom. The second kappa shape index (κ2) is 11.0. The van der Waals surface area contributed by atoms with Crippen LogP contribution in [0.5, 0.6) is 0 Å². The van der Waals surface area contributed by atoms with Crippen LogP contribution < -0.4 is 5.73 Å². The molecule has 0 spiro atoms. The first kappa shape index (κ1) is 23.0. The van der Waals surface area contributed by atoms with Gasteiger partial charge in [-0.2, -0.15) is 0 Å². The third-order valence-electron chi connectivity index (χ3n) is 4.18. The van der Waals surface area contributed by atoms with Crippen LogP contribution in [0, 0.1) is 0 Å². The van der Waals surface area contributed by atoms with Crippen molar-refractivity contribution in [2.75, 3.05) is 13.1 Å². The van der Waals surface area contributed by atoms with E-state index in [1.807, 2.05) is 17.0 Å². The van der Waals surface area contributed by atoms with E-state index >= 15 is 0 Å². The molecular formula is C20H36N2O4. The number of benzene rings is 1. The van der Waals surface area contributed by atoms with Crippen molar-refractivity contribution < 1.29 is 20.4 Å². The van der Waals surface area contributed by atoms with Crippen molar-refractivity contribution in [2.45, 2.75) is 78.0 Å². The minimum absolute atomic E-state index is 0.357. The molecule has 1 aromatic carbocycles. The van der Waals surface area contributed by atoms with Crippen molar-refractivity contribution >= 4 is 0 Å². The molecule has 0 bridgehead atoms. The predicted octanol–water partition coefficient (Wildman–Crippen LogP) is 0.556. The van der Waals surface area contributed by atoms with Gasteiger partial charge in [0.1, 0.15) is 0 Å². The van der Waals surface area contributed by atoms with E-state index in [0.717, 1.165) is 22.3 Å². The van der Waals surface area contributed by atoms with Gasteiger partial charge in [-0.15, -0.1) is 0 Å². The van der Waals surface area contributed by atoms with Gasteiger partial charge < -0.3 is 26.2 Å². The summed E-state index contributed by atoms with van der Waals surface area (Å²) in [7, 11) is 0. The lowest BCUT2D eigenvalue weighted by atomic mass is 9.91. The first-order valence-electron chi connectivity index (χ1n) is 9.40. The number of rotatable bonds is 11. The quantitative estimate of drug-likeness (QED) is 0.390. The lowest BCUT2D eigenvalue weighted by Gasteiger charge is -2.27. The van der Waals surface area contributed by atoms with Crippen LogP contribution in [0.3, 0.4) is 0 Å². The number of aliphatic hydroxyl groups excluding tert-OH is 4. The highest BCUT2D eigenvalue weighted by molar-refractivity contribution is 5.40. The highest BCUT2D eigenvalue weighted by Crippen LogP contribution is 2.23. The Bertz CT molecular complexity index is 535. The van der Waals surface area contributed by atoms with E-state index in [2.05, 4.69) is 0 Å². The zero-order chi connectivity index (χ0) is 19.9. The topological polar surface area (TPSA) is 110 Å². The molecular weight excluding hydrogens is 332 g/mol. The summed E-state index contributed by atoms with van der Waals surface area (Å²) in [6, 6.07) is 4.04. The molecule has 6 N–H and O–H groups in total. The van der Waals surface area contributed by atoms with Crippen molar-refractivity contribution in [1.29, 1.82) is 0 Å². The molecule has 1 aromatic rings. The number of hydrogen-bond donors (Lipinski definition) is 5. The molecule has 0 amide bonds. The van der Waals surface area contributed by atoms with Gasteiger partial charge in [-0.3, -0.25) is 4.90 Å². The molecule has 1 rings (SSSR count). The zero-order valence-electron chi connectivity index (χ0n) is 16.5. The highest BCUT2D eigenvalue weighted by Gasteiger charge is 2.18. The largest absolute Gasteiger partial charge is 0.393 e. The van der Waals surface area contributed by atoms with Crippen molar-refractivity contribution in [3.05, 3.63) is 34.4 Å². The Morgan fingerprint density at radius 3 is 1.73 bits per heavy atom. The normalized spacial score (nSPS) is 16.5. The van der Waals surface area contributed by atoms with Gasteiger partial charge in [0.05, 0.1) is 24.4 Å². The molecule has 26 heavy (non-hydrogen) atoms. The summed E-state index contributed by atoms with van der Waals surface area (Å²) in [5.74, 6) is 0. The average Bonchev–Trinajstić information content (AvgIpc) is 2.47. The predicted molar refractivity (Wildman–Crippen MR) is 104 cm³/mol. The molecule has 0 aliphatic heterocycles. The standard InChI is InChI=1S/C20H36N2O4/c1-13(23)5-17-7-18(9-21)20(6-14(2)24)19(8-17)12-22(10-15(3)25)11-16(4)26/h7-8,13-16,23-26H,5-6,9-12,21H2,1-4H3. The van der Waals surface area contributed by atoms with E-state index in [1.165, 1.54) is 0 Å². The molecule has 4 atom stereocenters. The van der Waals surface area contributed by atoms with E-state index in [0.29, 0.717) is 39.0 Å². The Labute approximate surface area is 157 Å².